The summed E-state index contributed by atoms with van der Waals surface area (Å²) in [5.74, 6) is -0.779. The number of alkyl halides is 1. The molecule has 0 radical (unpaired) electrons. The van der Waals surface area contributed by atoms with Crippen molar-refractivity contribution in [2.75, 3.05) is 6.54 Å². The molecule has 4 atom stereocenters. The molecule has 156 valence electrons. The second-order valence-corrected chi connectivity index (χ2v) is 8.36. The monoisotopic (exact) mass is 408 g/mol. The highest BCUT2D eigenvalue weighted by molar-refractivity contribution is 6.00. The van der Waals surface area contributed by atoms with Gasteiger partial charge in [0, 0.05) is 28.9 Å². The topological polar surface area (TPSA) is 74.3 Å². The number of aromatic nitrogens is 1. The van der Waals surface area contributed by atoms with E-state index >= 15 is 0 Å². The Labute approximate surface area is 174 Å². The minimum Gasteiger partial charge on any atom is -0.382 e. The van der Waals surface area contributed by atoms with Crippen LogP contribution < -0.4 is 10.6 Å². The molecule has 1 unspecified atom stereocenters. The number of para-hydroxylation sites is 1. The van der Waals surface area contributed by atoms with E-state index in [4.69, 9.17) is 0 Å². The lowest BCUT2D eigenvalue weighted by Crippen LogP contribution is -2.55. The molecule has 1 saturated carbocycles. The lowest BCUT2D eigenvalue weighted by atomic mass is 9.86. The maximum absolute atomic E-state index is 14.5. The van der Waals surface area contributed by atoms with Crippen LogP contribution in [0.1, 0.15) is 44.2 Å². The summed E-state index contributed by atoms with van der Waals surface area (Å²) >= 11 is 0. The van der Waals surface area contributed by atoms with E-state index < -0.39 is 18.1 Å². The first kappa shape index (κ1) is 19.0. The summed E-state index contributed by atoms with van der Waals surface area (Å²) in [5.41, 5.74) is 2.82. The molecule has 7 heteroatoms. The SMILES string of the molecule is CC(F)C(=O)N1[C@@H]2CCCC[C@H]2NC2=C(C(=O)NC2)[C@H]1c1cccc2cccnc12. The van der Waals surface area contributed by atoms with E-state index in [1.807, 2.05) is 30.3 Å². The molecule has 30 heavy (non-hydrogen) atoms. The minimum absolute atomic E-state index is 0.00656. The number of fused-ring (bicyclic) bond motifs is 2. The van der Waals surface area contributed by atoms with Crippen molar-refractivity contribution in [1.29, 1.82) is 0 Å². The molecule has 6 nitrogen and oxygen atoms in total. The van der Waals surface area contributed by atoms with Crippen LogP contribution in [0, 0.1) is 0 Å². The first-order valence-electron chi connectivity index (χ1n) is 10.6. The summed E-state index contributed by atoms with van der Waals surface area (Å²) in [6.07, 6.45) is 3.76. The van der Waals surface area contributed by atoms with Crippen LogP contribution in [-0.4, -0.2) is 46.5 Å². The molecule has 1 aliphatic carbocycles. The van der Waals surface area contributed by atoms with Gasteiger partial charge in [0.05, 0.1) is 29.7 Å². The smallest absolute Gasteiger partial charge is 0.257 e. The number of carbonyl (C=O) groups excluding carboxylic acids is 2. The van der Waals surface area contributed by atoms with E-state index in [0.717, 1.165) is 47.8 Å². The highest BCUT2D eigenvalue weighted by Crippen LogP contribution is 2.42. The molecule has 2 aromatic rings. The van der Waals surface area contributed by atoms with Crippen LogP contribution >= 0.6 is 0 Å². The van der Waals surface area contributed by atoms with Crippen molar-refractivity contribution in [2.24, 2.45) is 0 Å². The maximum Gasteiger partial charge on any atom is 0.257 e. The molecule has 2 aliphatic heterocycles. The molecule has 3 heterocycles. The summed E-state index contributed by atoms with van der Waals surface area (Å²) < 4.78 is 14.5. The highest BCUT2D eigenvalue weighted by atomic mass is 19.1. The predicted molar refractivity (Wildman–Crippen MR) is 111 cm³/mol. The number of hydrogen-bond donors (Lipinski definition) is 2. The van der Waals surface area contributed by atoms with Crippen molar-refractivity contribution in [2.45, 2.75) is 56.9 Å². The van der Waals surface area contributed by atoms with Crippen LogP contribution in [0.3, 0.4) is 0 Å². The number of nitrogens with one attached hydrogen (secondary N) is 2. The molecule has 2 N–H and O–H groups in total. The summed E-state index contributed by atoms with van der Waals surface area (Å²) in [5, 5.41) is 7.36. The van der Waals surface area contributed by atoms with Crippen LogP contribution in [0.25, 0.3) is 10.9 Å². The van der Waals surface area contributed by atoms with Gasteiger partial charge in [-0.1, -0.05) is 37.1 Å². The minimum atomic E-state index is -1.65. The van der Waals surface area contributed by atoms with Gasteiger partial charge >= 0.3 is 0 Å². The Kier molecular flexibility index (Phi) is 4.68. The average Bonchev–Trinajstić information content (AvgIpc) is 3.04. The quantitative estimate of drug-likeness (QED) is 0.801. The third-order valence-corrected chi connectivity index (χ3v) is 6.55. The van der Waals surface area contributed by atoms with Gasteiger partial charge in [-0.25, -0.2) is 4.39 Å². The lowest BCUT2D eigenvalue weighted by molar-refractivity contribution is -0.142. The van der Waals surface area contributed by atoms with Gasteiger partial charge in [-0.05, 0) is 25.8 Å². The summed E-state index contributed by atoms with van der Waals surface area (Å²) in [6.45, 7) is 1.68. The number of nitrogens with zero attached hydrogens (tertiary/aromatic N) is 2. The third kappa shape index (κ3) is 2.95. The van der Waals surface area contributed by atoms with Gasteiger partial charge in [-0.2, -0.15) is 0 Å². The van der Waals surface area contributed by atoms with Crippen LogP contribution in [0.15, 0.2) is 47.8 Å². The molecule has 0 bridgehead atoms. The largest absolute Gasteiger partial charge is 0.382 e. The molecule has 0 spiro atoms. The van der Waals surface area contributed by atoms with Crippen LogP contribution in [0.5, 0.6) is 0 Å². The highest BCUT2D eigenvalue weighted by Gasteiger charge is 2.47. The van der Waals surface area contributed by atoms with Crippen molar-refractivity contribution in [3.05, 3.63) is 53.4 Å². The number of benzene rings is 1. The average molecular weight is 408 g/mol. The van der Waals surface area contributed by atoms with E-state index in [1.165, 1.54) is 6.92 Å². The van der Waals surface area contributed by atoms with Crippen molar-refractivity contribution < 1.29 is 14.0 Å². The van der Waals surface area contributed by atoms with E-state index in [1.54, 1.807) is 11.1 Å². The van der Waals surface area contributed by atoms with Crippen LogP contribution in [0.4, 0.5) is 4.39 Å². The van der Waals surface area contributed by atoms with Crippen LogP contribution in [0.2, 0.25) is 0 Å². The lowest BCUT2D eigenvalue weighted by Gasteiger charge is -2.43. The number of amides is 2. The third-order valence-electron chi connectivity index (χ3n) is 6.55. The van der Waals surface area contributed by atoms with Gasteiger partial charge in [0.15, 0.2) is 6.17 Å². The van der Waals surface area contributed by atoms with Crippen molar-refractivity contribution >= 4 is 22.7 Å². The van der Waals surface area contributed by atoms with Gasteiger partial charge < -0.3 is 15.5 Å². The Hall–Kier alpha value is -2.96. The molecule has 0 saturated heterocycles. The normalized spacial score (nSPS) is 27.1. The first-order chi connectivity index (χ1) is 14.6. The number of rotatable bonds is 2. The summed E-state index contributed by atoms with van der Waals surface area (Å²) in [6, 6.07) is 8.74. The fourth-order valence-electron chi connectivity index (χ4n) is 5.23. The van der Waals surface area contributed by atoms with Gasteiger partial charge in [0.25, 0.3) is 11.8 Å². The van der Waals surface area contributed by atoms with Crippen molar-refractivity contribution in [3.8, 4) is 0 Å². The van der Waals surface area contributed by atoms with E-state index in [0.29, 0.717) is 12.1 Å². The molecule has 2 amide bonds. The standard InChI is InChI=1S/C23H25FN4O2/c1-13(24)23(30)28-18-10-3-2-9-16(18)27-17-12-26-22(29)19(17)21(28)15-8-4-6-14-7-5-11-25-20(14)15/h4-8,11,13,16,18,21,27H,2-3,9-10,12H2,1H3,(H,26,29)/t13?,16-,18-,21-/m1/s1. The Morgan fingerprint density at radius 2 is 2.03 bits per heavy atom. The predicted octanol–water partition coefficient (Wildman–Crippen LogP) is 2.76. The van der Waals surface area contributed by atoms with E-state index in [-0.39, 0.29) is 18.0 Å². The van der Waals surface area contributed by atoms with E-state index in [2.05, 4.69) is 15.6 Å². The molecule has 1 aromatic heterocycles. The Bertz CT molecular complexity index is 1050. The number of hydrogen-bond acceptors (Lipinski definition) is 4. The van der Waals surface area contributed by atoms with Gasteiger partial charge in [0.2, 0.25) is 0 Å². The molecule has 1 aromatic carbocycles. The Morgan fingerprint density at radius 1 is 1.23 bits per heavy atom. The van der Waals surface area contributed by atoms with Crippen LogP contribution in [-0.2, 0) is 9.59 Å². The summed E-state index contributed by atoms with van der Waals surface area (Å²) in [7, 11) is 0. The van der Waals surface area contributed by atoms with Gasteiger partial charge in [-0.3, -0.25) is 14.6 Å². The fourth-order valence-corrected chi connectivity index (χ4v) is 5.23. The number of carbonyl (C=O) groups is 2. The first-order valence-corrected chi connectivity index (χ1v) is 10.6. The van der Waals surface area contributed by atoms with E-state index in [9.17, 15) is 14.0 Å². The molecule has 3 aliphatic rings. The Morgan fingerprint density at radius 3 is 2.87 bits per heavy atom. The number of pyridine rings is 1. The zero-order valence-corrected chi connectivity index (χ0v) is 16.9. The summed E-state index contributed by atoms with van der Waals surface area (Å²) in [4.78, 5) is 32.4. The van der Waals surface area contributed by atoms with Crippen molar-refractivity contribution in [1.82, 2.24) is 20.5 Å². The maximum atomic E-state index is 14.5. The molecular weight excluding hydrogens is 383 g/mol. The second-order valence-electron chi connectivity index (χ2n) is 8.36. The molecule has 5 rings (SSSR count). The van der Waals surface area contributed by atoms with Gasteiger partial charge in [-0.15, -0.1) is 0 Å². The molecular formula is C23H25FN4O2. The zero-order chi connectivity index (χ0) is 20.8. The fraction of sp³-hybridized carbons (Fsp3) is 0.435. The second kappa shape index (κ2) is 7.38. The number of halogens is 1. The Balaban J connectivity index is 1.77. The van der Waals surface area contributed by atoms with Gasteiger partial charge in [0.1, 0.15) is 0 Å². The molecule has 1 fully saturated rings. The zero-order valence-electron chi connectivity index (χ0n) is 16.9. The van der Waals surface area contributed by atoms with Crippen molar-refractivity contribution in [3.63, 3.8) is 0 Å².